The topological polar surface area (TPSA) is 12.0 Å². The number of anilines is 1. The molecule has 1 aromatic rings. The van der Waals surface area contributed by atoms with Gasteiger partial charge in [-0.05, 0) is 12.1 Å². The third kappa shape index (κ3) is 1.72. The van der Waals surface area contributed by atoms with Gasteiger partial charge in [0.2, 0.25) is 0 Å². The van der Waals surface area contributed by atoms with Crippen LogP contribution in [0.3, 0.4) is 0 Å². The van der Waals surface area contributed by atoms with Gasteiger partial charge in [0.15, 0.2) is 0 Å². The highest BCUT2D eigenvalue weighted by molar-refractivity contribution is 9.10. The Hall–Kier alpha value is -0.500. The molecule has 1 rings (SSSR count). The van der Waals surface area contributed by atoms with Crippen LogP contribution in [-0.4, -0.2) is 7.05 Å². The van der Waals surface area contributed by atoms with Crippen molar-refractivity contribution < 1.29 is 0 Å². The summed E-state index contributed by atoms with van der Waals surface area (Å²) in [7, 11) is 1.87. The Morgan fingerprint density at radius 2 is 2.44 bits per heavy atom. The quantitative estimate of drug-likeness (QED) is 0.707. The molecule has 1 radical (unpaired) electrons. The van der Waals surface area contributed by atoms with E-state index < -0.39 is 0 Å². The van der Waals surface area contributed by atoms with Crippen molar-refractivity contribution in [2.24, 2.45) is 0 Å². The Labute approximate surface area is 63.2 Å². The van der Waals surface area contributed by atoms with Crippen molar-refractivity contribution in [3.8, 4) is 0 Å². The summed E-state index contributed by atoms with van der Waals surface area (Å²) >= 11 is 3.34. The van der Waals surface area contributed by atoms with E-state index in [1.165, 1.54) is 0 Å². The number of halogens is 1. The first-order valence-electron chi connectivity index (χ1n) is 2.68. The average Bonchev–Trinajstić information content (AvgIpc) is 1.88. The number of rotatable bonds is 1. The molecule has 2 heteroatoms. The lowest BCUT2D eigenvalue weighted by molar-refractivity contribution is 1.49. The predicted octanol–water partition coefficient (Wildman–Crippen LogP) is 2.29. The molecule has 1 N–H and O–H groups in total. The van der Waals surface area contributed by atoms with Crippen molar-refractivity contribution in [3.63, 3.8) is 0 Å². The molecule has 0 aliphatic carbocycles. The molecule has 0 aliphatic rings. The SMILES string of the molecule is CNc1[c]ccc(Br)c1. The molecule has 0 spiro atoms. The zero-order valence-electron chi connectivity index (χ0n) is 5.11. The molecule has 1 nitrogen and oxygen atoms in total. The third-order valence-electron chi connectivity index (χ3n) is 1.03. The molecule has 0 bridgehead atoms. The van der Waals surface area contributed by atoms with E-state index in [9.17, 15) is 0 Å². The van der Waals surface area contributed by atoms with Crippen LogP contribution in [0.15, 0.2) is 22.7 Å². The molecule has 0 aliphatic heterocycles. The van der Waals surface area contributed by atoms with E-state index >= 15 is 0 Å². The Bertz CT molecular complexity index is 198. The maximum Gasteiger partial charge on any atom is 0.0429 e. The lowest BCUT2D eigenvalue weighted by Gasteiger charge is -1.96. The minimum absolute atomic E-state index is 1.00. The molecular formula is C7H7BrN. The Balaban J connectivity index is 2.94. The van der Waals surface area contributed by atoms with Crippen molar-refractivity contribution >= 4 is 21.6 Å². The van der Waals surface area contributed by atoms with Gasteiger partial charge in [-0.1, -0.05) is 22.0 Å². The smallest absolute Gasteiger partial charge is 0.0429 e. The summed E-state index contributed by atoms with van der Waals surface area (Å²) in [5, 5.41) is 2.98. The highest BCUT2D eigenvalue weighted by atomic mass is 79.9. The largest absolute Gasteiger partial charge is 0.388 e. The number of hydrogen-bond acceptors (Lipinski definition) is 1. The minimum atomic E-state index is 1.00. The predicted molar refractivity (Wildman–Crippen MR) is 42.5 cm³/mol. The maximum absolute atomic E-state index is 3.34. The van der Waals surface area contributed by atoms with E-state index in [0.29, 0.717) is 0 Å². The minimum Gasteiger partial charge on any atom is -0.388 e. The van der Waals surface area contributed by atoms with E-state index in [1.807, 2.05) is 25.2 Å². The van der Waals surface area contributed by atoms with Gasteiger partial charge in [0, 0.05) is 23.3 Å². The first kappa shape index (κ1) is 6.62. The standard InChI is InChI=1S/C7H7BrN/c1-9-7-4-2-3-6(8)5-7/h2-3,5,9H,1H3. The number of hydrogen-bond donors (Lipinski definition) is 1. The van der Waals surface area contributed by atoms with E-state index in [4.69, 9.17) is 0 Å². The second-order valence-electron chi connectivity index (χ2n) is 1.67. The van der Waals surface area contributed by atoms with Crippen LogP contribution in [-0.2, 0) is 0 Å². The van der Waals surface area contributed by atoms with E-state index in [2.05, 4.69) is 27.3 Å². The third-order valence-corrected chi connectivity index (χ3v) is 1.53. The molecule has 0 fully saturated rings. The van der Waals surface area contributed by atoms with Gasteiger partial charge in [0.25, 0.3) is 0 Å². The lowest BCUT2D eigenvalue weighted by atomic mass is 10.3. The van der Waals surface area contributed by atoms with Crippen LogP contribution in [0.4, 0.5) is 5.69 Å². The fourth-order valence-corrected chi connectivity index (χ4v) is 0.944. The highest BCUT2D eigenvalue weighted by Gasteiger charge is 1.87. The fourth-order valence-electron chi connectivity index (χ4n) is 0.583. The second kappa shape index (κ2) is 2.87. The van der Waals surface area contributed by atoms with Crippen LogP contribution >= 0.6 is 15.9 Å². The van der Waals surface area contributed by atoms with E-state index in [0.717, 1.165) is 10.2 Å². The summed E-state index contributed by atoms with van der Waals surface area (Å²) < 4.78 is 1.07. The molecule has 0 heterocycles. The molecule has 0 aromatic heterocycles. The van der Waals surface area contributed by atoms with Crippen LogP contribution in [0.5, 0.6) is 0 Å². The summed E-state index contributed by atoms with van der Waals surface area (Å²) in [4.78, 5) is 0. The molecule has 0 saturated carbocycles. The summed E-state index contributed by atoms with van der Waals surface area (Å²) in [6.07, 6.45) is 0. The first-order valence-corrected chi connectivity index (χ1v) is 3.47. The number of benzene rings is 1. The van der Waals surface area contributed by atoms with Crippen LogP contribution in [0.25, 0.3) is 0 Å². The van der Waals surface area contributed by atoms with Gasteiger partial charge in [-0.15, -0.1) is 0 Å². The van der Waals surface area contributed by atoms with Crippen molar-refractivity contribution in [3.05, 3.63) is 28.7 Å². The average molecular weight is 185 g/mol. The van der Waals surface area contributed by atoms with Gasteiger partial charge in [0.05, 0.1) is 0 Å². The second-order valence-corrected chi connectivity index (χ2v) is 2.59. The fraction of sp³-hybridized carbons (Fsp3) is 0.143. The number of nitrogens with one attached hydrogen (secondary N) is 1. The van der Waals surface area contributed by atoms with Crippen LogP contribution < -0.4 is 5.32 Å². The van der Waals surface area contributed by atoms with Crippen molar-refractivity contribution in [1.29, 1.82) is 0 Å². The van der Waals surface area contributed by atoms with Gasteiger partial charge in [0.1, 0.15) is 0 Å². The van der Waals surface area contributed by atoms with Gasteiger partial charge in [-0.25, -0.2) is 0 Å². The Morgan fingerprint density at radius 3 is 2.89 bits per heavy atom. The molecule has 9 heavy (non-hydrogen) atoms. The molecular weight excluding hydrogens is 178 g/mol. The molecule has 0 saturated heterocycles. The van der Waals surface area contributed by atoms with E-state index in [-0.39, 0.29) is 0 Å². The zero-order valence-corrected chi connectivity index (χ0v) is 6.70. The normalized spacial score (nSPS) is 9.11. The monoisotopic (exact) mass is 184 g/mol. The molecule has 0 unspecified atom stereocenters. The van der Waals surface area contributed by atoms with Crippen molar-refractivity contribution in [2.75, 3.05) is 12.4 Å². The molecule has 1 aromatic carbocycles. The van der Waals surface area contributed by atoms with Gasteiger partial charge >= 0.3 is 0 Å². The highest BCUT2D eigenvalue weighted by Crippen LogP contribution is 2.13. The van der Waals surface area contributed by atoms with Gasteiger partial charge < -0.3 is 5.32 Å². The summed E-state index contributed by atoms with van der Waals surface area (Å²) in [6.45, 7) is 0. The summed E-state index contributed by atoms with van der Waals surface area (Å²) in [5.74, 6) is 0. The van der Waals surface area contributed by atoms with Crippen LogP contribution in [0, 0.1) is 6.07 Å². The lowest BCUT2D eigenvalue weighted by Crippen LogP contribution is -1.85. The maximum atomic E-state index is 3.34. The molecule has 0 atom stereocenters. The summed E-state index contributed by atoms with van der Waals surface area (Å²) in [6, 6.07) is 8.81. The first-order chi connectivity index (χ1) is 4.33. The van der Waals surface area contributed by atoms with Gasteiger partial charge in [-0.2, -0.15) is 0 Å². The van der Waals surface area contributed by atoms with E-state index in [1.54, 1.807) is 0 Å². The van der Waals surface area contributed by atoms with Crippen molar-refractivity contribution in [1.82, 2.24) is 0 Å². The molecule has 0 amide bonds. The zero-order chi connectivity index (χ0) is 6.69. The van der Waals surface area contributed by atoms with Crippen LogP contribution in [0.2, 0.25) is 0 Å². The molecule has 47 valence electrons. The Kier molecular flexibility index (Phi) is 2.11. The van der Waals surface area contributed by atoms with Crippen LogP contribution in [0.1, 0.15) is 0 Å². The van der Waals surface area contributed by atoms with Gasteiger partial charge in [-0.3, -0.25) is 0 Å². The Morgan fingerprint density at radius 1 is 1.67 bits per heavy atom. The van der Waals surface area contributed by atoms with Crippen molar-refractivity contribution in [2.45, 2.75) is 0 Å². The summed E-state index contributed by atoms with van der Waals surface area (Å²) in [5.41, 5.74) is 1.00.